The van der Waals surface area contributed by atoms with Gasteiger partial charge in [0.2, 0.25) is 5.91 Å². The Hall–Kier alpha value is -2.48. The zero-order valence-corrected chi connectivity index (χ0v) is 15.6. The first kappa shape index (κ1) is 18.9. The van der Waals surface area contributed by atoms with Crippen LogP contribution in [0.25, 0.3) is 0 Å². The van der Waals surface area contributed by atoms with Crippen LogP contribution in [-0.2, 0) is 11.3 Å². The SMILES string of the molecule is COc1ccc(CN(CC(=O)NC(C)(C)C)C(=O)c2csnn2)cc1. The van der Waals surface area contributed by atoms with Crippen molar-refractivity contribution >= 4 is 23.3 Å². The van der Waals surface area contributed by atoms with Gasteiger partial charge < -0.3 is 15.0 Å². The highest BCUT2D eigenvalue weighted by atomic mass is 32.1. The van der Waals surface area contributed by atoms with Gasteiger partial charge in [-0.25, -0.2) is 0 Å². The molecule has 25 heavy (non-hydrogen) atoms. The van der Waals surface area contributed by atoms with Crippen LogP contribution in [0.15, 0.2) is 29.6 Å². The summed E-state index contributed by atoms with van der Waals surface area (Å²) >= 11 is 1.10. The minimum atomic E-state index is -0.367. The maximum atomic E-state index is 12.7. The zero-order valence-electron chi connectivity index (χ0n) is 14.8. The molecule has 0 bridgehead atoms. The van der Waals surface area contributed by atoms with E-state index in [1.807, 2.05) is 45.0 Å². The third kappa shape index (κ3) is 5.82. The molecule has 0 aliphatic carbocycles. The van der Waals surface area contributed by atoms with Crippen molar-refractivity contribution in [2.45, 2.75) is 32.9 Å². The normalized spacial score (nSPS) is 11.0. The Bertz CT molecular complexity index is 708. The lowest BCUT2D eigenvalue weighted by Crippen LogP contribution is -2.47. The number of hydrogen-bond acceptors (Lipinski definition) is 6. The summed E-state index contributed by atoms with van der Waals surface area (Å²) in [7, 11) is 1.59. The fourth-order valence-electron chi connectivity index (χ4n) is 2.20. The van der Waals surface area contributed by atoms with Gasteiger partial charge in [0.05, 0.1) is 7.11 Å². The first-order valence-electron chi connectivity index (χ1n) is 7.79. The van der Waals surface area contributed by atoms with E-state index in [9.17, 15) is 9.59 Å². The summed E-state index contributed by atoms with van der Waals surface area (Å²) in [6, 6.07) is 7.36. The standard InChI is InChI=1S/C17H22N4O3S/c1-17(2,3)18-15(22)10-21(16(23)14-11-25-20-19-14)9-12-5-7-13(24-4)8-6-12/h5-8,11H,9-10H2,1-4H3,(H,18,22). The van der Waals surface area contributed by atoms with Gasteiger partial charge in [0, 0.05) is 17.5 Å². The lowest BCUT2D eigenvalue weighted by atomic mass is 10.1. The maximum Gasteiger partial charge on any atom is 0.276 e. The minimum absolute atomic E-state index is 0.0559. The van der Waals surface area contributed by atoms with Crippen LogP contribution in [0.5, 0.6) is 5.75 Å². The Morgan fingerprint density at radius 1 is 1.24 bits per heavy atom. The van der Waals surface area contributed by atoms with Crippen molar-refractivity contribution in [2.24, 2.45) is 0 Å². The van der Waals surface area contributed by atoms with Crippen LogP contribution in [0.3, 0.4) is 0 Å². The molecule has 0 saturated carbocycles. The van der Waals surface area contributed by atoms with E-state index in [2.05, 4.69) is 14.9 Å². The Morgan fingerprint density at radius 3 is 2.44 bits per heavy atom. The number of carbonyl (C=O) groups excluding carboxylic acids is 2. The summed E-state index contributed by atoms with van der Waals surface area (Å²) < 4.78 is 8.86. The summed E-state index contributed by atoms with van der Waals surface area (Å²) in [5, 5.41) is 8.26. The third-order valence-electron chi connectivity index (χ3n) is 3.25. The molecule has 0 aliphatic heterocycles. The van der Waals surface area contributed by atoms with Crippen LogP contribution in [0.4, 0.5) is 0 Å². The number of methoxy groups -OCH3 is 1. The lowest BCUT2D eigenvalue weighted by molar-refractivity contribution is -0.123. The fourth-order valence-corrected chi connectivity index (χ4v) is 2.63. The monoisotopic (exact) mass is 362 g/mol. The van der Waals surface area contributed by atoms with Crippen molar-refractivity contribution in [3.63, 3.8) is 0 Å². The molecule has 2 amide bonds. The molecule has 8 heteroatoms. The molecule has 134 valence electrons. The highest BCUT2D eigenvalue weighted by Crippen LogP contribution is 2.14. The number of nitrogens with zero attached hydrogens (tertiary/aromatic N) is 3. The van der Waals surface area contributed by atoms with E-state index in [-0.39, 0.29) is 36.1 Å². The topological polar surface area (TPSA) is 84.4 Å². The summed E-state index contributed by atoms with van der Waals surface area (Å²) in [6.07, 6.45) is 0. The van der Waals surface area contributed by atoms with E-state index >= 15 is 0 Å². The van der Waals surface area contributed by atoms with Crippen LogP contribution < -0.4 is 10.1 Å². The Kier molecular flexibility index (Phi) is 6.08. The van der Waals surface area contributed by atoms with Gasteiger partial charge in [-0.15, -0.1) is 5.10 Å². The summed E-state index contributed by atoms with van der Waals surface area (Å²) in [5.74, 6) is 0.182. The van der Waals surface area contributed by atoms with Crippen LogP contribution in [0, 0.1) is 0 Å². The largest absolute Gasteiger partial charge is 0.497 e. The lowest BCUT2D eigenvalue weighted by Gasteiger charge is -2.25. The van der Waals surface area contributed by atoms with Crippen molar-refractivity contribution in [3.05, 3.63) is 40.9 Å². The smallest absolute Gasteiger partial charge is 0.276 e. The first-order valence-corrected chi connectivity index (χ1v) is 8.62. The molecule has 0 fully saturated rings. The van der Waals surface area contributed by atoms with Gasteiger partial charge in [0.15, 0.2) is 5.69 Å². The van der Waals surface area contributed by atoms with Crippen molar-refractivity contribution in [1.29, 1.82) is 0 Å². The molecule has 1 N–H and O–H groups in total. The van der Waals surface area contributed by atoms with Gasteiger partial charge in [-0.3, -0.25) is 9.59 Å². The average molecular weight is 362 g/mol. The molecule has 1 aromatic heterocycles. The highest BCUT2D eigenvalue weighted by molar-refractivity contribution is 7.03. The molecule has 0 unspecified atom stereocenters. The molecule has 2 aromatic rings. The van der Waals surface area contributed by atoms with Gasteiger partial charge in [-0.05, 0) is 50.0 Å². The quantitative estimate of drug-likeness (QED) is 0.851. The third-order valence-corrected chi connectivity index (χ3v) is 3.75. The van der Waals surface area contributed by atoms with Crippen molar-refractivity contribution < 1.29 is 14.3 Å². The molecule has 1 heterocycles. The van der Waals surface area contributed by atoms with Crippen molar-refractivity contribution in [2.75, 3.05) is 13.7 Å². The van der Waals surface area contributed by atoms with Crippen LogP contribution in [0.2, 0.25) is 0 Å². The number of hydrogen-bond donors (Lipinski definition) is 1. The predicted molar refractivity (Wildman–Crippen MR) is 95.5 cm³/mol. The second-order valence-corrected chi connectivity index (χ2v) is 7.21. The molecule has 0 saturated heterocycles. The van der Waals surface area contributed by atoms with Gasteiger partial charge in [0.1, 0.15) is 12.3 Å². The molecule has 0 aliphatic rings. The van der Waals surface area contributed by atoms with E-state index in [1.165, 1.54) is 4.90 Å². The highest BCUT2D eigenvalue weighted by Gasteiger charge is 2.23. The van der Waals surface area contributed by atoms with Gasteiger partial charge in [-0.2, -0.15) is 0 Å². The van der Waals surface area contributed by atoms with E-state index in [4.69, 9.17) is 4.74 Å². The van der Waals surface area contributed by atoms with Crippen LogP contribution in [0.1, 0.15) is 36.8 Å². The van der Waals surface area contributed by atoms with E-state index < -0.39 is 0 Å². The second-order valence-electron chi connectivity index (χ2n) is 6.60. The number of ether oxygens (including phenoxy) is 1. The molecule has 0 radical (unpaired) electrons. The molecular formula is C17H22N4O3S. The first-order chi connectivity index (χ1) is 11.8. The average Bonchev–Trinajstić information content (AvgIpc) is 3.07. The zero-order chi connectivity index (χ0) is 18.4. The number of amides is 2. The van der Waals surface area contributed by atoms with Crippen LogP contribution in [-0.4, -0.2) is 45.5 Å². The van der Waals surface area contributed by atoms with E-state index in [0.717, 1.165) is 22.8 Å². The van der Waals surface area contributed by atoms with E-state index in [0.29, 0.717) is 0 Å². The Labute approximate surface area is 151 Å². The minimum Gasteiger partial charge on any atom is -0.497 e. The number of nitrogens with one attached hydrogen (secondary N) is 1. The molecule has 0 spiro atoms. The van der Waals surface area contributed by atoms with Crippen LogP contribution >= 0.6 is 11.5 Å². The van der Waals surface area contributed by atoms with Crippen molar-refractivity contribution in [1.82, 2.24) is 19.8 Å². The summed E-state index contributed by atoms with van der Waals surface area (Å²) in [4.78, 5) is 26.4. The molecule has 7 nitrogen and oxygen atoms in total. The van der Waals surface area contributed by atoms with Gasteiger partial charge in [0.25, 0.3) is 5.91 Å². The van der Waals surface area contributed by atoms with Crippen molar-refractivity contribution in [3.8, 4) is 5.75 Å². The number of rotatable bonds is 6. The molecular weight excluding hydrogens is 340 g/mol. The van der Waals surface area contributed by atoms with Gasteiger partial charge in [-0.1, -0.05) is 16.6 Å². The van der Waals surface area contributed by atoms with Gasteiger partial charge >= 0.3 is 0 Å². The number of carbonyl (C=O) groups is 2. The Morgan fingerprint density at radius 2 is 1.92 bits per heavy atom. The maximum absolute atomic E-state index is 12.7. The molecule has 1 aromatic carbocycles. The van der Waals surface area contributed by atoms with E-state index in [1.54, 1.807) is 12.5 Å². The second kappa shape index (κ2) is 8.06. The fraction of sp³-hybridized carbons (Fsp3) is 0.412. The molecule has 0 atom stereocenters. The Balaban J connectivity index is 2.16. The molecule has 2 rings (SSSR count). The number of benzene rings is 1. The summed E-state index contributed by atoms with van der Waals surface area (Å²) in [5.41, 5.74) is 0.761. The predicted octanol–water partition coefficient (Wildman–Crippen LogP) is 2.10. The number of aromatic nitrogens is 2. The summed E-state index contributed by atoms with van der Waals surface area (Å²) in [6.45, 7) is 5.91.